The van der Waals surface area contributed by atoms with E-state index in [9.17, 15) is 14.0 Å². The number of amides is 1. The molecule has 1 heterocycles. The summed E-state index contributed by atoms with van der Waals surface area (Å²) in [7, 11) is 0. The Bertz CT molecular complexity index is 683. The molecule has 0 bridgehead atoms. The van der Waals surface area contributed by atoms with Crippen LogP contribution in [0.25, 0.3) is 6.08 Å². The van der Waals surface area contributed by atoms with Gasteiger partial charge in [0.1, 0.15) is 5.82 Å². The Morgan fingerprint density at radius 2 is 2.13 bits per heavy atom. The van der Waals surface area contributed by atoms with Gasteiger partial charge < -0.3 is 10.1 Å². The van der Waals surface area contributed by atoms with E-state index in [1.165, 1.54) is 23.1 Å². The van der Waals surface area contributed by atoms with Crippen LogP contribution in [-0.4, -0.2) is 25.0 Å². The zero-order valence-electron chi connectivity index (χ0n) is 12.3. The van der Waals surface area contributed by atoms with Crippen molar-refractivity contribution in [3.05, 3.63) is 64.1 Å². The van der Waals surface area contributed by atoms with Crippen LogP contribution < -0.4 is 5.32 Å². The number of ether oxygens (including phenoxy) is 1. The van der Waals surface area contributed by atoms with E-state index < -0.39 is 5.97 Å². The van der Waals surface area contributed by atoms with Crippen molar-refractivity contribution in [2.75, 3.05) is 13.2 Å². The maximum atomic E-state index is 13.0. The van der Waals surface area contributed by atoms with Gasteiger partial charge in [-0.1, -0.05) is 18.2 Å². The third-order valence-electron chi connectivity index (χ3n) is 2.88. The van der Waals surface area contributed by atoms with Gasteiger partial charge in [0.15, 0.2) is 6.61 Å². The first kappa shape index (κ1) is 16.9. The van der Waals surface area contributed by atoms with Gasteiger partial charge in [-0.2, -0.15) is 0 Å². The van der Waals surface area contributed by atoms with E-state index >= 15 is 0 Å². The summed E-state index contributed by atoms with van der Waals surface area (Å²) in [5.41, 5.74) is 0.544. The molecule has 0 saturated carbocycles. The van der Waals surface area contributed by atoms with Crippen molar-refractivity contribution in [3.63, 3.8) is 0 Å². The second-order valence-corrected chi connectivity index (χ2v) is 5.71. The van der Waals surface area contributed by atoms with Crippen LogP contribution in [0.4, 0.5) is 4.39 Å². The summed E-state index contributed by atoms with van der Waals surface area (Å²) in [6, 6.07) is 9.76. The lowest BCUT2D eigenvalue weighted by Crippen LogP contribution is -2.30. The number of hydrogen-bond donors (Lipinski definition) is 1. The van der Waals surface area contributed by atoms with Gasteiger partial charge in [-0.15, -0.1) is 11.3 Å². The highest BCUT2D eigenvalue weighted by Gasteiger charge is 2.05. The van der Waals surface area contributed by atoms with E-state index in [1.54, 1.807) is 23.5 Å². The van der Waals surface area contributed by atoms with Crippen molar-refractivity contribution >= 4 is 29.3 Å². The Balaban J connectivity index is 1.66. The summed E-state index contributed by atoms with van der Waals surface area (Å²) in [6.07, 6.45) is 3.34. The maximum absolute atomic E-state index is 13.0. The van der Waals surface area contributed by atoms with Crippen LogP contribution in [0, 0.1) is 5.82 Å². The van der Waals surface area contributed by atoms with Crippen LogP contribution in [-0.2, 0) is 20.7 Å². The van der Waals surface area contributed by atoms with Crippen molar-refractivity contribution in [2.24, 2.45) is 0 Å². The van der Waals surface area contributed by atoms with E-state index in [0.29, 0.717) is 12.1 Å². The third kappa shape index (κ3) is 6.44. The Morgan fingerprint density at radius 3 is 2.87 bits per heavy atom. The number of carbonyl (C=O) groups excluding carboxylic acids is 2. The highest BCUT2D eigenvalue weighted by molar-refractivity contribution is 7.09. The molecule has 0 unspecified atom stereocenters. The Kier molecular flexibility index (Phi) is 6.50. The Hall–Kier alpha value is -2.47. The normalized spacial score (nSPS) is 10.7. The highest BCUT2D eigenvalue weighted by Crippen LogP contribution is 2.08. The lowest BCUT2D eigenvalue weighted by Gasteiger charge is -2.04. The van der Waals surface area contributed by atoms with Crippen molar-refractivity contribution in [3.8, 4) is 0 Å². The largest absolute Gasteiger partial charge is 0.452 e. The fraction of sp³-hybridized carbons (Fsp3) is 0.176. The number of hydrogen-bond acceptors (Lipinski definition) is 4. The van der Waals surface area contributed by atoms with Crippen molar-refractivity contribution < 1.29 is 18.7 Å². The van der Waals surface area contributed by atoms with Gasteiger partial charge in [0.05, 0.1) is 0 Å². The average Bonchev–Trinajstić information content (AvgIpc) is 3.04. The smallest absolute Gasteiger partial charge is 0.331 e. The molecule has 0 aliphatic heterocycles. The van der Waals surface area contributed by atoms with E-state index in [2.05, 4.69) is 5.32 Å². The fourth-order valence-corrected chi connectivity index (χ4v) is 2.50. The topological polar surface area (TPSA) is 55.4 Å². The predicted molar refractivity (Wildman–Crippen MR) is 87.4 cm³/mol. The van der Waals surface area contributed by atoms with E-state index in [1.807, 2.05) is 17.5 Å². The quantitative estimate of drug-likeness (QED) is 0.626. The van der Waals surface area contributed by atoms with Crippen molar-refractivity contribution in [2.45, 2.75) is 6.42 Å². The number of rotatable bonds is 7. The Labute approximate surface area is 137 Å². The molecule has 2 rings (SSSR count). The van der Waals surface area contributed by atoms with E-state index in [0.717, 1.165) is 12.5 Å². The molecule has 1 aromatic carbocycles. The molecule has 1 aromatic heterocycles. The minimum Gasteiger partial charge on any atom is -0.452 e. The average molecular weight is 333 g/mol. The molecule has 0 aliphatic carbocycles. The second kappa shape index (κ2) is 8.85. The van der Waals surface area contributed by atoms with Gasteiger partial charge in [0, 0.05) is 17.5 Å². The highest BCUT2D eigenvalue weighted by atomic mass is 32.1. The molecule has 0 fully saturated rings. The number of nitrogens with one attached hydrogen (secondary N) is 1. The molecule has 6 heteroatoms. The van der Waals surface area contributed by atoms with Gasteiger partial charge in [-0.3, -0.25) is 4.79 Å². The SMILES string of the molecule is O=C(COC(=O)/C=C/c1cccc(F)c1)NCCc1cccs1. The summed E-state index contributed by atoms with van der Waals surface area (Å²) in [5, 5.41) is 4.65. The molecule has 2 aromatic rings. The fourth-order valence-electron chi connectivity index (χ4n) is 1.79. The molecular formula is C17H16FNO3S. The summed E-state index contributed by atoms with van der Waals surface area (Å²) in [4.78, 5) is 24.2. The summed E-state index contributed by atoms with van der Waals surface area (Å²) in [5.74, 6) is -1.39. The van der Waals surface area contributed by atoms with Crippen LogP contribution in [0.15, 0.2) is 47.9 Å². The number of benzene rings is 1. The molecule has 1 N–H and O–H groups in total. The molecular weight excluding hydrogens is 317 g/mol. The van der Waals surface area contributed by atoms with Crippen LogP contribution in [0.3, 0.4) is 0 Å². The van der Waals surface area contributed by atoms with E-state index in [-0.39, 0.29) is 18.3 Å². The lowest BCUT2D eigenvalue weighted by atomic mass is 10.2. The summed E-state index contributed by atoms with van der Waals surface area (Å²) >= 11 is 1.63. The Morgan fingerprint density at radius 1 is 1.26 bits per heavy atom. The van der Waals surface area contributed by atoms with Gasteiger partial charge in [0.2, 0.25) is 0 Å². The van der Waals surface area contributed by atoms with Crippen LogP contribution in [0.5, 0.6) is 0 Å². The molecule has 0 atom stereocenters. The van der Waals surface area contributed by atoms with E-state index in [4.69, 9.17) is 4.74 Å². The van der Waals surface area contributed by atoms with Gasteiger partial charge in [0.25, 0.3) is 5.91 Å². The monoisotopic (exact) mass is 333 g/mol. The first-order valence-corrected chi connectivity index (χ1v) is 7.91. The molecule has 120 valence electrons. The first-order chi connectivity index (χ1) is 11.1. The lowest BCUT2D eigenvalue weighted by molar-refractivity contribution is -0.143. The maximum Gasteiger partial charge on any atom is 0.331 e. The van der Waals surface area contributed by atoms with Crippen LogP contribution in [0.2, 0.25) is 0 Å². The molecule has 4 nitrogen and oxygen atoms in total. The molecule has 0 radical (unpaired) electrons. The van der Waals surface area contributed by atoms with Gasteiger partial charge in [-0.05, 0) is 41.6 Å². The molecule has 0 aliphatic rings. The van der Waals surface area contributed by atoms with Gasteiger partial charge >= 0.3 is 5.97 Å². The predicted octanol–water partition coefficient (Wildman–Crippen LogP) is 2.80. The second-order valence-electron chi connectivity index (χ2n) is 4.68. The third-order valence-corrected chi connectivity index (χ3v) is 3.82. The summed E-state index contributed by atoms with van der Waals surface area (Å²) in [6.45, 7) is 0.160. The minimum atomic E-state index is -0.650. The zero-order valence-corrected chi connectivity index (χ0v) is 13.1. The summed E-state index contributed by atoms with van der Waals surface area (Å²) < 4.78 is 17.8. The van der Waals surface area contributed by atoms with Crippen molar-refractivity contribution in [1.29, 1.82) is 0 Å². The van der Waals surface area contributed by atoms with Crippen LogP contribution >= 0.6 is 11.3 Å². The molecule has 0 spiro atoms. The van der Waals surface area contributed by atoms with Crippen molar-refractivity contribution in [1.82, 2.24) is 5.32 Å². The number of carbonyl (C=O) groups is 2. The number of thiophene rings is 1. The zero-order chi connectivity index (χ0) is 16.5. The van der Waals surface area contributed by atoms with Gasteiger partial charge in [-0.25, -0.2) is 9.18 Å². The molecule has 23 heavy (non-hydrogen) atoms. The molecule has 1 amide bonds. The van der Waals surface area contributed by atoms with Crippen LogP contribution in [0.1, 0.15) is 10.4 Å². The first-order valence-electron chi connectivity index (χ1n) is 7.03. The number of halogens is 1. The minimum absolute atomic E-state index is 0.337. The standard InChI is InChI=1S/C17H16FNO3S/c18-14-4-1-3-13(11-14)6-7-17(21)22-12-16(20)19-9-8-15-5-2-10-23-15/h1-7,10-11H,8-9,12H2,(H,19,20)/b7-6+. The molecule has 0 saturated heterocycles. The number of esters is 1.